The Bertz CT molecular complexity index is 787. The molecule has 0 radical (unpaired) electrons. The molecule has 0 bridgehead atoms. The number of ether oxygens (including phenoxy) is 1. The monoisotopic (exact) mass is 382 g/mol. The normalized spacial score (nSPS) is 19.2. The number of nitrogens with one attached hydrogen (secondary N) is 1. The second-order valence-electron chi connectivity index (χ2n) is 7.56. The predicted octanol–water partition coefficient (Wildman–Crippen LogP) is 2.23. The Morgan fingerprint density at radius 1 is 1.25 bits per heavy atom. The number of fused-ring (bicyclic) bond motifs is 1. The van der Waals surface area contributed by atoms with Crippen LogP contribution < -0.4 is 5.32 Å². The molecule has 0 aliphatic carbocycles. The average molecular weight is 383 g/mol. The first kappa shape index (κ1) is 18.9. The van der Waals surface area contributed by atoms with Gasteiger partial charge in [-0.1, -0.05) is 30.3 Å². The summed E-state index contributed by atoms with van der Waals surface area (Å²) >= 11 is 0. The molecule has 1 unspecified atom stereocenters. The number of hydrogen-bond donors (Lipinski definition) is 1. The fourth-order valence-electron chi connectivity index (χ4n) is 3.98. The standard InChI is InChI=1S/C21H30N6O/c1-2-22-21(23-13-20-25-24-19-9-6-11-27(19)20)26-12-10-18(14-26)16-28-15-17-7-4-3-5-8-17/h3-5,7-8,18H,2,6,9-16H2,1H3,(H,22,23). The maximum atomic E-state index is 5.95. The molecular weight excluding hydrogens is 352 g/mol. The van der Waals surface area contributed by atoms with Crippen molar-refractivity contribution in [2.45, 2.75) is 45.9 Å². The van der Waals surface area contributed by atoms with E-state index in [2.05, 4.69) is 56.2 Å². The molecule has 150 valence electrons. The zero-order valence-electron chi connectivity index (χ0n) is 16.7. The number of aryl methyl sites for hydroxylation is 1. The van der Waals surface area contributed by atoms with Crippen molar-refractivity contribution in [3.8, 4) is 0 Å². The molecule has 2 aromatic rings. The zero-order chi connectivity index (χ0) is 19.2. The van der Waals surface area contributed by atoms with Crippen LogP contribution in [-0.2, 0) is 30.9 Å². The van der Waals surface area contributed by atoms with Gasteiger partial charge in [0, 0.05) is 38.5 Å². The van der Waals surface area contributed by atoms with E-state index in [0.717, 1.165) is 63.2 Å². The number of hydrogen-bond acceptors (Lipinski definition) is 4. The van der Waals surface area contributed by atoms with E-state index < -0.39 is 0 Å². The molecule has 7 nitrogen and oxygen atoms in total. The van der Waals surface area contributed by atoms with Crippen LogP contribution in [0.5, 0.6) is 0 Å². The van der Waals surface area contributed by atoms with Gasteiger partial charge in [0.2, 0.25) is 0 Å². The van der Waals surface area contributed by atoms with Gasteiger partial charge in [-0.15, -0.1) is 10.2 Å². The van der Waals surface area contributed by atoms with Crippen molar-refractivity contribution >= 4 is 5.96 Å². The van der Waals surface area contributed by atoms with Crippen LogP contribution in [-0.4, -0.2) is 51.9 Å². The zero-order valence-corrected chi connectivity index (χ0v) is 16.7. The molecule has 1 saturated heterocycles. The third-order valence-electron chi connectivity index (χ3n) is 5.44. The first-order chi connectivity index (χ1) is 13.8. The minimum absolute atomic E-state index is 0.546. The fourth-order valence-corrected chi connectivity index (χ4v) is 3.98. The topological polar surface area (TPSA) is 67.6 Å². The smallest absolute Gasteiger partial charge is 0.194 e. The van der Waals surface area contributed by atoms with Crippen molar-refractivity contribution < 1.29 is 4.74 Å². The number of nitrogens with zero attached hydrogens (tertiary/aromatic N) is 5. The average Bonchev–Trinajstić information content (AvgIpc) is 3.44. The summed E-state index contributed by atoms with van der Waals surface area (Å²) in [5.41, 5.74) is 1.23. The van der Waals surface area contributed by atoms with Crippen LogP contribution in [0, 0.1) is 5.92 Å². The first-order valence-electron chi connectivity index (χ1n) is 10.4. The minimum Gasteiger partial charge on any atom is -0.376 e. The molecule has 3 heterocycles. The van der Waals surface area contributed by atoms with E-state index in [1.807, 2.05) is 6.07 Å². The van der Waals surface area contributed by atoms with Crippen molar-refractivity contribution in [1.82, 2.24) is 25.0 Å². The van der Waals surface area contributed by atoms with Gasteiger partial charge in [0.05, 0.1) is 13.2 Å². The molecule has 4 rings (SSSR count). The summed E-state index contributed by atoms with van der Waals surface area (Å²) in [5.74, 6) is 3.60. The van der Waals surface area contributed by atoms with E-state index in [1.54, 1.807) is 0 Å². The molecular formula is C21H30N6O. The predicted molar refractivity (Wildman–Crippen MR) is 109 cm³/mol. The van der Waals surface area contributed by atoms with E-state index in [1.165, 1.54) is 12.0 Å². The van der Waals surface area contributed by atoms with Gasteiger partial charge in [0.25, 0.3) is 0 Å². The lowest BCUT2D eigenvalue weighted by molar-refractivity contribution is 0.0906. The Balaban J connectivity index is 1.29. The molecule has 1 aromatic carbocycles. The lowest BCUT2D eigenvalue weighted by Gasteiger charge is -2.21. The highest BCUT2D eigenvalue weighted by Crippen LogP contribution is 2.18. The van der Waals surface area contributed by atoms with E-state index in [4.69, 9.17) is 9.73 Å². The van der Waals surface area contributed by atoms with Crippen LogP contribution in [0.3, 0.4) is 0 Å². The van der Waals surface area contributed by atoms with Gasteiger partial charge in [-0.3, -0.25) is 0 Å². The lowest BCUT2D eigenvalue weighted by Crippen LogP contribution is -2.40. The van der Waals surface area contributed by atoms with Crippen molar-refractivity contribution in [2.75, 3.05) is 26.2 Å². The molecule has 2 aliphatic heterocycles. The molecule has 0 amide bonds. The fraction of sp³-hybridized carbons (Fsp3) is 0.571. The van der Waals surface area contributed by atoms with Crippen molar-refractivity contribution in [3.05, 3.63) is 47.5 Å². The Morgan fingerprint density at radius 3 is 3.00 bits per heavy atom. The quantitative estimate of drug-likeness (QED) is 0.588. The summed E-state index contributed by atoms with van der Waals surface area (Å²) in [6, 6.07) is 10.4. The molecule has 2 aliphatic rings. The van der Waals surface area contributed by atoms with Crippen LogP contribution in [0.25, 0.3) is 0 Å². The Morgan fingerprint density at radius 2 is 2.14 bits per heavy atom. The van der Waals surface area contributed by atoms with Gasteiger partial charge >= 0.3 is 0 Å². The molecule has 1 atom stereocenters. The van der Waals surface area contributed by atoms with Crippen LogP contribution in [0.15, 0.2) is 35.3 Å². The van der Waals surface area contributed by atoms with Crippen LogP contribution in [0.4, 0.5) is 0 Å². The maximum absolute atomic E-state index is 5.95. The highest BCUT2D eigenvalue weighted by molar-refractivity contribution is 5.80. The van der Waals surface area contributed by atoms with Crippen molar-refractivity contribution in [2.24, 2.45) is 10.9 Å². The Hall–Kier alpha value is -2.41. The summed E-state index contributed by atoms with van der Waals surface area (Å²) < 4.78 is 8.17. The van der Waals surface area contributed by atoms with E-state index in [0.29, 0.717) is 19.1 Å². The number of guanidine groups is 1. The number of aromatic nitrogens is 3. The van der Waals surface area contributed by atoms with Crippen molar-refractivity contribution in [3.63, 3.8) is 0 Å². The van der Waals surface area contributed by atoms with Gasteiger partial charge in [-0.2, -0.15) is 0 Å². The minimum atomic E-state index is 0.546. The first-order valence-corrected chi connectivity index (χ1v) is 10.4. The number of likely N-dealkylation sites (tertiary alicyclic amines) is 1. The Labute approximate surface area is 166 Å². The van der Waals surface area contributed by atoms with E-state index in [-0.39, 0.29) is 0 Å². The van der Waals surface area contributed by atoms with Gasteiger partial charge in [-0.05, 0) is 25.3 Å². The maximum Gasteiger partial charge on any atom is 0.194 e. The third kappa shape index (κ3) is 4.52. The highest BCUT2D eigenvalue weighted by Gasteiger charge is 2.25. The lowest BCUT2D eigenvalue weighted by atomic mass is 10.1. The summed E-state index contributed by atoms with van der Waals surface area (Å²) in [6.45, 7) is 8.06. The summed E-state index contributed by atoms with van der Waals surface area (Å²) in [7, 11) is 0. The van der Waals surface area contributed by atoms with Crippen LogP contribution in [0.1, 0.15) is 37.0 Å². The van der Waals surface area contributed by atoms with Gasteiger partial charge < -0.3 is 19.5 Å². The molecule has 1 N–H and O–H groups in total. The largest absolute Gasteiger partial charge is 0.376 e. The van der Waals surface area contributed by atoms with Crippen LogP contribution >= 0.6 is 0 Å². The molecule has 7 heteroatoms. The Kier molecular flexibility index (Phi) is 6.21. The van der Waals surface area contributed by atoms with E-state index in [9.17, 15) is 0 Å². The molecule has 1 fully saturated rings. The molecule has 0 spiro atoms. The number of aliphatic imine (C=N–C) groups is 1. The van der Waals surface area contributed by atoms with Gasteiger partial charge in [0.1, 0.15) is 12.4 Å². The summed E-state index contributed by atoms with van der Waals surface area (Å²) in [6.07, 6.45) is 3.34. The number of benzene rings is 1. The SMILES string of the molecule is CCNC(=NCc1nnc2n1CCC2)N1CCC(COCc2ccccc2)C1. The van der Waals surface area contributed by atoms with Crippen LogP contribution in [0.2, 0.25) is 0 Å². The summed E-state index contributed by atoms with van der Waals surface area (Å²) in [5, 5.41) is 12.0. The van der Waals surface area contributed by atoms with E-state index >= 15 is 0 Å². The molecule has 28 heavy (non-hydrogen) atoms. The van der Waals surface area contributed by atoms with Gasteiger partial charge in [0.15, 0.2) is 11.8 Å². The second kappa shape index (κ2) is 9.19. The molecule has 0 saturated carbocycles. The molecule has 1 aromatic heterocycles. The number of rotatable bonds is 7. The third-order valence-corrected chi connectivity index (χ3v) is 5.44. The van der Waals surface area contributed by atoms with Gasteiger partial charge in [-0.25, -0.2) is 4.99 Å². The van der Waals surface area contributed by atoms with Crippen molar-refractivity contribution in [1.29, 1.82) is 0 Å². The summed E-state index contributed by atoms with van der Waals surface area (Å²) in [4.78, 5) is 7.19. The highest BCUT2D eigenvalue weighted by atomic mass is 16.5. The second-order valence-corrected chi connectivity index (χ2v) is 7.56.